The molecule has 25 heavy (non-hydrogen) atoms. The fraction of sp³-hybridized carbons (Fsp3) is 0.632. The molecule has 1 aromatic rings. The number of piperidine rings is 1. The first-order chi connectivity index (χ1) is 12.0. The second kappa shape index (κ2) is 7.62. The molecular formula is C19H29N3O3. The molecule has 2 aliphatic heterocycles. The molecule has 1 atom stereocenters. The standard InChI is InChI=1S/C19H29N3O3/c1-13-9-17(20)18(25-2)10-16(13)14-3-7-22(8-4-14)19(24)12-21-6-5-15(23)11-21/h9-10,14-15,23H,3-8,11-12,20H2,1-2H3/t15-/m1/s1. The van der Waals surface area contributed by atoms with Gasteiger partial charge in [0.2, 0.25) is 5.91 Å². The monoisotopic (exact) mass is 347 g/mol. The number of aliphatic hydroxyl groups excluding tert-OH is 1. The third kappa shape index (κ3) is 4.07. The SMILES string of the molecule is COc1cc(C2CCN(C(=O)CN3CC[C@@H](O)C3)CC2)c(C)cc1N. The van der Waals surface area contributed by atoms with E-state index in [2.05, 4.69) is 13.0 Å². The molecule has 3 N–H and O–H groups in total. The van der Waals surface area contributed by atoms with Crippen LogP contribution in [0.25, 0.3) is 0 Å². The highest BCUT2D eigenvalue weighted by Crippen LogP contribution is 2.35. The van der Waals surface area contributed by atoms with E-state index >= 15 is 0 Å². The Bertz CT molecular complexity index is 627. The number of likely N-dealkylation sites (tertiary alicyclic amines) is 2. The fourth-order valence-electron chi connectivity index (χ4n) is 4.03. The summed E-state index contributed by atoms with van der Waals surface area (Å²) in [4.78, 5) is 16.5. The number of aliphatic hydroxyl groups is 1. The molecule has 1 amide bonds. The molecule has 0 radical (unpaired) electrons. The molecule has 2 fully saturated rings. The van der Waals surface area contributed by atoms with Gasteiger partial charge in [-0.3, -0.25) is 9.69 Å². The molecule has 3 rings (SSSR count). The Kier molecular flexibility index (Phi) is 5.49. The number of carbonyl (C=O) groups is 1. The van der Waals surface area contributed by atoms with Crippen molar-refractivity contribution in [3.8, 4) is 5.75 Å². The molecule has 0 bridgehead atoms. The lowest BCUT2D eigenvalue weighted by molar-refractivity contribution is -0.133. The van der Waals surface area contributed by atoms with E-state index in [0.717, 1.165) is 44.6 Å². The predicted molar refractivity (Wildman–Crippen MR) is 97.8 cm³/mol. The Morgan fingerprint density at radius 2 is 2.00 bits per heavy atom. The molecule has 2 heterocycles. The normalized spacial score (nSPS) is 22.4. The van der Waals surface area contributed by atoms with Crippen LogP contribution in [0.4, 0.5) is 5.69 Å². The van der Waals surface area contributed by atoms with Gasteiger partial charge in [-0.25, -0.2) is 0 Å². The van der Waals surface area contributed by atoms with E-state index in [-0.39, 0.29) is 12.0 Å². The van der Waals surface area contributed by atoms with E-state index in [0.29, 0.717) is 24.7 Å². The van der Waals surface area contributed by atoms with E-state index in [4.69, 9.17) is 10.5 Å². The highest BCUT2D eigenvalue weighted by atomic mass is 16.5. The number of rotatable bonds is 4. The van der Waals surface area contributed by atoms with Gasteiger partial charge < -0.3 is 20.5 Å². The maximum atomic E-state index is 12.5. The minimum Gasteiger partial charge on any atom is -0.495 e. The molecule has 1 aromatic carbocycles. The van der Waals surface area contributed by atoms with Crippen molar-refractivity contribution in [2.24, 2.45) is 0 Å². The molecule has 2 aliphatic rings. The number of methoxy groups -OCH3 is 1. The Morgan fingerprint density at radius 3 is 2.60 bits per heavy atom. The number of nitrogen functional groups attached to an aromatic ring is 1. The summed E-state index contributed by atoms with van der Waals surface area (Å²) in [6.07, 6.45) is 2.42. The zero-order valence-electron chi connectivity index (χ0n) is 15.2. The number of hydrogen-bond donors (Lipinski definition) is 2. The number of benzene rings is 1. The molecule has 0 spiro atoms. The van der Waals surface area contributed by atoms with Gasteiger partial charge in [-0.2, -0.15) is 0 Å². The van der Waals surface area contributed by atoms with Crippen LogP contribution in [-0.4, -0.2) is 66.8 Å². The van der Waals surface area contributed by atoms with Gasteiger partial charge in [-0.05, 0) is 55.4 Å². The van der Waals surface area contributed by atoms with Gasteiger partial charge in [-0.15, -0.1) is 0 Å². The number of aryl methyl sites for hydroxylation is 1. The minimum absolute atomic E-state index is 0.180. The molecule has 0 aliphatic carbocycles. The van der Waals surface area contributed by atoms with E-state index < -0.39 is 0 Å². The van der Waals surface area contributed by atoms with Gasteiger partial charge in [-0.1, -0.05) is 0 Å². The first-order valence-corrected chi connectivity index (χ1v) is 9.10. The molecule has 2 saturated heterocycles. The Morgan fingerprint density at radius 1 is 1.28 bits per heavy atom. The van der Waals surface area contributed by atoms with Crippen LogP contribution in [0.15, 0.2) is 12.1 Å². The zero-order valence-corrected chi connectivity index (χ0v) is 15.2. The van der Waals surface area contributed by atoms with Crippen LogP contribution in [-0.2, 0) is 4.79 Å². The summed E-state index contributed by atoms with van der Waals surface area (Å²) in [6.45, 7) is 5.51. The van der Waals surface area contributed by atoms with Gasteiger partial charge in [0.1, 0.15) is 5.75 Å². The van der Waals surface area contributed by atoms with Crippen molar-refractivity contribution in [2.75, 3.05) is 45.6 Å². The zero-order chi connectivity index (χ0) is 18.0. The fourth-order valence-corrected chi connectivity index (χ4v) is 4.03. The summed E-state index contributed by atoms with van der Waals surface area (Å²) in [5.74, 6) is 1.35. The van der Waals surface area contributed by atoms with Crippen LogP contribution >= 0.6 is 0 Å². The number of hydrogen-bond acceptors (Lipinski definition) is 5. The molecule has 6 nitrogen and oxygen atoms in total. The molecule has 0 saturated carbocycles. The maximum Gasteiger partial charge on any atom is 0.236 e. The first-order valence-electron chi connectivity index (χ1n) is 9.10. The van der Waals surface area contributed by atoms with Crippen molar-refractivity contribution in [2.45, 2.75) is 38.2 Å². The smallest absolute Gasteiger partial charge is 0.236 e. The van der Waals surface area contributed by atoms with Gasteiger partial charge in [0, 0.05) is 26.2 Å². The topological polar surface area (TPSA) is 79.0 Å². The van der Waals surface area contributed by atoms with Gasteiger partial charge >= 0.3 is 0 Å². The van der Waals surface area contributed by atoms with E-state index in [9.17, 15) is 9.90 Å². The summed E-state index contributed by atoms with van der Waals surface area (Å²) in [5.41, 5.74) is 9.12. The minimum atomic E-state index is -0.276. The van der Waals surface area contributed by atoms with Gasteiger partial charge in [0.25, 0.3) is 0 Å². The van der Waals surface area contributed by atoms with Crippen LogP contribution in [0, 0.1) is 6.92 Å². The van der Waals surface area contributed by atoms with Crippen LogP contribution in [0.5, 0.6) is 5.75 Å². The van der Waals surface area contributed by atoms with Crippen LogP contribution in [0.3, 0.4) is 0 Å². The number of carbonyl (C=O) groups excluding carboxylic acids is 1. The summed E-state index contributed by atoms with van der Waals surface area (Å²) in [5, 5.41) is 9.59. The summed E-state index contributed by atoms with van der Waals surface area (Å²) in [7, 11) is 1.64. The lowest BCUT2D eigenvalue weighted by Crippen LogP contribution is -2.43. The second-order valence-electron chi connectivity index (χ2n) is 7.28. The summed E-state index contributed by atoms with van der Waals surface area (Å²) in [6, 6.07) is 4.03. The third-order valence-electron chi connectivity index (χ3n) is 5.51. The number of anilines is 1. The van der Waals surface area contributed by atoms with Gasteiger partial charge in [0.15, 0.2) is 0 Å². The predicted octanol–water partition coefficient (Wildman–Crippen LogP) is 1.36. The quantitative estimate of drug-likeness (QED) is 0.804. The number of nitrogens with two attached hydrogens (primary N) is 1. The molecule has 6 heteroatoms. The van der Waals surface area contributed by atoms with Crippen molar-refractivity contribution in [1.82, 2.24) is 9.80 Å². The Labute approximate surface area is 149 Å². The van der Waals surface area contributed by atoms with Crippen molar-refractivity contribution in [1.29, 1.82) is 0 Å². The number of amides is 1. The molecule has 0 aromatic heterocycles. The highest BCUT2D eigenvalue weighted by molar-refractivity contribution is 5.78. The first kappa shape index (κ1) is 18.0. The van der Waals surface area contributed by atoms with Crippen molar-refractivity contribution in [3.05, 3.63) is 23.3 Å². The second-order valence-corrected chi connectivity index (χ2v) is 7.28. The van der Waals surface area contributed by atoms with Crippen LogP contribution in [0.2, 0.25) is 0 Å². The average molecular weight is 347 g/mol. The Hall–Kier alpha value is -1.79. The van der Waals surface area contributed by atoms with E-state index in [1.165, 1.54) is 11.1 Å². The highest BCUT2D eigenvalue weighted by Gasteiger charge is 2.28. The lowest BCUT2D eigenvalue weighted by atomic mass is 9.86. The van der Waals surface area contributed by atoms with Crippen LogP contribution in [0.1, 0.15) is 36.3 Å². The van der Waals surface area contributed by atoms with E-state index in [1.807, 2.05) is 15.9 Å². The largest absolute Gasteiger partial charge is 0.495 e. The number of ether oxygens (including phenoxy) is 1. The number of β-amino-alcohol motifs (C(OH)–C–C–N with tert-alkyl or cyclic N) is 1. The van der Waals surface area contributed by atoms with Crippen molar-refractivity contribution in [3.63, 3.8) is 0 Å². The van der Waals surface area contributed by atoms with Crippen molar-refractivity contribution < 1.29 is 14.6 Å². The molecule has 0 unspecified atom stereocenters. The van der Waals surface area contributed by atoms with Gasteiger partial charge in [0.05, 0.1) is 25.4 Å². The maximum absolute atomic E-state index is 12.5. The lowest BCUT2D eigenvalue weighted by Gasteiger charge is -2.34. The average Bonchev–Trinajstić information content (AvgIpc) is 3.00. The molecular weight excluding hydrogens is 318 g/mol. The summed E-state index contributed by atoms with van der Waals surface area (Å²) < 4.78 is 5.36. The van der Waals surface area contributed by atoms with Crippen molar-refractivity contribution >= 4 is 11.6 Å². The summed E-state index contributed by atoms with van der Waals surface area (Å²) >= 11 is 0. The van der Waals surface area contributed by atoms with E-state index in [1.54, 1.807) is 7.11 Å². The molecule has 138 valence electrons. The third-order valence-corrected chi connectivity index (χ3v) is 5.51. The Balaban J connectivity index is 1.57. The van der Waals surface area contributed by atoms with Crippen LogP contribution < -0.4 is 10.5 Å². The number of nitrogens with zero attached hydrogens (tertiary/aromatic N) is 2.